The average molecular weight is 367 g/mol. The van der Waals surface area contributed by atoms with Crippen molar-refractivity contribution in [3.05, 3.63) is 64.7 Å². The predicted molar refractivity (Wildman–Crippen MR) is 99.8 cm³/mol. The van der Waals surface area contributed by atoms with E-state index in [0.29, 0.717) is 11.3 Å². The number of hydrogen-bond donors (Lipinski definition) is 3. The lowest BCUT2D eigenvalue weighted by Crippen LogP contribution is -2.47. The first-order chi connectivity index (χ1) is 12.7. The summed E-state index contributed by atoms with van der Waals surface area (Å²) < 4.78 is 0. The maximum absolute atomic E-state index is 13.0. The van der Waals surface area contributed by atoms with Crippen molar-refractivity contribution in [3.63, 3.8) is 0 Å². The zero-order valence-electron chi connectivity index (χ0n) is 15.2. The highest BCUT2D eigenvalue weighted by molar-refractivity contribution is 6.02. The number of aliphatic carboxylic acids is 2. The molecule has 6 heteroatoms. The Bertz CT molecular complexity index is 906. The van der Waals surface area contributed by atoms with Gasteiger partial charge in [-0.3, -0.25) is 14.4 Å². The lowest BCUT2D eigenvalue weighted by molar-refractivity contribution is -0.166. The Hall–Kier alpha value is -3.15. The van der Waals surface area contributed by atoms with Crippen LogP contribution in [0.4, 0.5) is 5.69 Å². The monoisotopic (exact) mass is 367 g/mol. The fraction of sp³-hybridized carbons (Fsp3) is 0.286. The Kier molecular flexibility index (Phi) is 4.74. The Labute approximate surface area is 156 Å². The first kappa shape index (κ1) is 18.6. The molecular formula is C21H21NO5. The zero-order valence-corrected chi connectivity index (χ0v) is 15.2. The summed E-state index contributed by atoms with van der Waals surface area (Å²) in [6, 6.07) is 12.5. The molecule has 0 spiro atoms. The molecule has 3 rings (SSSR count). The predicted octanol–water partition coefficient (Wildman–Crippen LogP) is 3.13. The van der Waals surface area contributed by atoms with Gasteiger partial charge in [-0.2, -0.15) is 0 Å². The van der Waals surface area contributed by atoms with E-state index in [9.17, 15) is 24.6 Å². The van der Waals surface area contributed by atoms with Crippen LogP contribution < -0.4 is 5.32 Å². The molecule has 2 aromatic rings. The summed E-state index contributed by atoms with van der Waals surface area (Å²) in [7, 11) is 0. The van der Waals surface area contributed by atoms with E-state index in [1.54, 1.807) is 30.3 Å². The van der Waals surface area contributed by atoms with Gasteiger partial charge in [0.25, 0.3) is 0 Å². The summed E-state index contributed by atoms with van der Waals surface area (Å²) in [6.07, 6.45) is -0.419. The Morgan fingerprint density at radius 1 is 1.04 bits per heavy atom. The smallest absolute Gasteiger partial charge is 0.321 e. The number of benzene rings is 2. The van der Waals surface area contributed by atoms with Crippen LogP contribution in [0.5, 0.6) is 0 Å². The number of amides is 1. The fourth-order valence-corrected chi connectivity index (χ4v) is 3.95. The third kappa shape index (κ3) is 3.30. The summed E-state index contributed by atoms with van der Waals surface area (Å²) in [6.45, 7) is 3.73. The molecule has 1 aliphatic rings. The van der Waals surface area contributed by atoms with E-state index in [4.69, 9.17) is 0 Å². The summed E-state index contributed by atoms with van der Waals surface area (Å²) in [4.78, 5) is 36.8. The highest BCUT2D eigenvalue weighted by Gasteiger charge is 2.53. The molecule has 1 unspecified atom stereocenters. The number of anilines is 1. The molecule has 2 aromatic carbocycles. The van der Waals surface area contributed by atoms with Gasteiger partial charge < -0.3 is 15.5 Å². The molecule has 3 N–H and O–H groups in total. The third-order valence-electron chi connectivity index (χ3n) is 5.19. The maximum atomic E-state index is 13.0. The second-order valence-corrected chi connectivity index (χ2v) is 7.14. The second-order valence-electron chi connectivity index (χ2n) is 7.14. The number of para-hydroxylation sites is 1. The Morgan fingerprint density at radius 2 is 1.67 bits per heavy atom. The molecule has 0 aromatic heterocycles. The van der Waals surface area contributed by atoms with Crippen LogP contribution in [0.1, 0.15) is 34.6 Å². The number of carboxylic acid groups (broad SMARTS) is 2. The van der Waals surface area contributed by atoms with E-state index >= 15 is 0 Å². The standard InChI is InChI=1S/C21H21NO5/c1-12-8-13(2)17-14(9-12)10-21(19(24)25,20(26)27)11-16(17)18(23)22-15-6-4-3-5-7-15/h3-9,16H,10-11H2,1-2H3,(H,22,23)(H,24,25)(H,26,27). The lowest BCUT2D eigenvalue weighted by Gasteiger charge is -2.36. The van der Waals surface area contributed by atoms with Crippen molar-refractivity contribution in [1.29, 1.82) is 0 Å². The van der Waals surface area contributed by atoms with Crippen LogP contribution in [0.3, 0.4) is 0 Å². The number of hydrogen-bond acceptors (Lipinski definition) is 3. The largest absolute Gasteiger partial charge is 0.480 e. The van der Waals surface area contributed by atoms with Crippen LogP contribution in [0.25, 0.3) is 0 Å². The van der Waals surface area contributed by atoms with Crippen LogP contribution in [0, 0.1) is 19.3 Å². The van der Waals surface area contributed by atoms with E-state index in [-0.39, 0.29) is 12.8 Å². The molecule has 1 amide bonds. The van der Waals surface area contributed by atoms with Gasteiger partial charge in [-0.25, -0.2) is 0 Å². The second kappa shape index (κ2) is 6.87. The molecule has 0 aliphatic heterocycles. The highest BCUT2D eigenvalue weighted by atomic mass is 16.4. The van der Waals surface area contributed by atoms with Crippen LogP contribution >= 0.6 is 0 Å². The lowest BCUT2D eigenvalue weighted by atomic mass is 9.65. The van der Waals surface area contributed by atoms with Crippen molar-refractivity contribution in [1.82, 2.24) is 0 Å². The molecule has 6 nitrogen and oxygen atoms in total. The van der Waals surface area contributed by atoms with Gasteiger partial charge in [0.1, 0.15) is 0 Å². The molecule has 1 aliphatic carbocycles. The van der Waals surface area contributed by atoms with Gasteiger partial charge in [-0.1, -0.05) is 35.9 Å². The molecule has 0 bridgehead atoms. The van der Waals surface area contributed by atoms with Gasteiger partial charge in [0.2, 0.25) is 5.91 Å². The van der Waals surface area contributed by atoms with Gasteiger partial charge >= 0.3 is 11.9 Å². The number of carbonyl (C=O) groups excluding carboxylic acids is 1. The quantitative estimate of drug-likeness (QED) is 0.720. The average Bonchev–Trinajstić information content (AvgIpc) is 2.60. The maximum Gasteiger partial charge on any atom is 0.321 e. The SMILES string of the molecule is Cc1cc(C)c2c(c1)CC(C(=O)O)(C(=O)O)CC2C(=O)Nc1ccccc1. The van der Waals surface area contributed by atoms with E-state index in [1.165, 1.54) is 0 Å². The summed E-state index contributed by atoms with van der Waals surface area (Å²) in [5, 5.41) is 22.2. The van der Waals surface area contributed by atoms with Gasteiger partial charge in [0.05, 0.1) is 5.92 Å². The van der Waals surface area contributed by atoms with Gasteiger partial charge in [-0.15, -0.1) is 0 Å². The minimum Gasteiger partial charge on any atom is -0.480 e. The number of aryl methyl sites for hydroxylation is 2. The van der Waals surface area contributed by atoms with Crippen molar-refractivity contribution in [2.24, 2.45) is 5.41 Å². The van der Waals surface area contributed by atoms with Crippen molar-refractivity contribution in [2.75, 3.05) is 5.32 Å². The van der Waals surface area contributed by atoms with Crippen molar-refractivity contribution >= 4 is 23.5 Å². The summed E-state index contributed by atoms with van der Waals surface area (Å²) in [5.41, 5.74) is 1.66. The Morgan fingerprint density at radius 3 is 2.26 bits per heavy atom. The van der Waals surface area contributed by atoms with Gasteiger partial charge in [0.15, 0.2) is 5.41 Å². The molecule has 0 saturated heterocycles. The molecule has 0 saturated carbocycles. The molecular weight excluding hydrogens is 346 g/mol. The number of carbonyl (C=O) groups is 3. The third-order valence-corrected chi connectivity index (χ3v) is 5.19. The van der Waals surface area contributed by atoms with Gasteiger partial charge in [-0.05, 0) is 55.5 Å². The first-order valence-electron chi connectivity index (χ1n) is 8.67. The molecule has 140 valence electrons. The Balaban J connectivity index is 2.10. The van der Waals surface area contributed by atoms with Crippen molar-refractivity contribution in [2.45, 2.75) is 32.6 Å². The summed E-state index contributed by atoms with van der Waals surface area (Å²) >= 11 is 0. The van der Waals surface area contributed by atoms with Crippen molar-refractivity contribution < 1.29 is 24.6 Å². The summed E-state index contributed by atoms with van der Waals surface area (Å²) in [5.74, 6) is -4.10. The van der Waals surface area contributed by atoms with Gasteiger partial charge in [0, 0.05) is 5.69 Å². The fourth-order valence-electron chi connectivity index (χ4n) is 3.95. The van der Waals surface area contributed by atoms with E-state index < -0.39 is 29.2 Å². The molecule has 27 heavy (non-hydrogen) atoms. The van der Waals surface area contributed by atoms with E-state index in [1.807, 2.05) is 26.0 Å². The first-order valence-corrected chi connectivity index (χ1v) is 8.67. The van der Waals surface area contributed by atoms with Crippen molar-refractivity contribution in [3.8, 4) is 0 Å². The number of rotatable bonds is 4. The van der Waals surface area contributed by atoms with E-state index in [2.05, 4.69) is 5.32 Å². The minimum absolute atomic E-state index is 0.134. The van der Waals surface area contributed by atoms with Crippen LogP contribution in [0.15, 0.2) is 42.5 Å². The normalized spacial score (nSPS) is 17.6. The van der Waals surface area contributed by atoms with Crippen LogP contribution in [-0.4, -0.2) is 28.1 Å². The van der Waals surface area contributed by atoms with Crippen LogP contribution in [-0.2, 0) is 20.8 Å². The van der Waals surface area contributed by atoms with E-state index in [0.717, 1.165) is 16.7 Å². The molecule has 1 atom stereocenters. The number of carboxylic acids is 2. The number of nitrogens with one attached hydrogen (secondary N) is 1. The molecule has 0 heterocycles. The highest BCUT2D eigenvalue weighted by Crippen LogP contribution is 2.45. The molecule has 0 fully saturated rings. The topological polar surface area (TPSA) is 104 Å². The van der Waals surface area contributed by atoms with Crippen LogP contribution in [0.2, 0.25) is 0 Å². The number of fused-ring (bicyclic) bond motifs is 1. The minimum atomic E-state index is -2.02. The zero-order chi connectivity index (χ0) is 19.8. The molecule has 0 radical (unpaired) electrons.